The van der Waals surface area contributed by atoms with Gasteiger partial charge in [0, 0.05) is 54.3 Å². The Balaban J connectivity index is 1.36. The lowest BCUT2D eigenvalue weighted by Gasteiger charge is -2.43. The molecule has 33 heavy (non-hydrogen) atoms. The van der Waals surface area contributed by atoms with E-state index in [1.54, 1.807) is 12.3 Å². The second kappa shape index (κ2) is 8.86. The fourth-order valence-corrected chi connectivity index (χ4v) is 4.78. The molecule has 5 rings (SSSR count). The summed E-state index contributed by atoms with van der Waals surface area (Å²) in [6, 6.07) is 10.1. The Morgan fingerprint density at radius 1 is 1.27 bits per heavy atom. The van der Waals surface area contributed by atoms with Gasteiger partial charge in [0.2, 0.25) is 0 Å². The van der Waals surface area contributed by atoms with E-state index in [1.807, 2.05) is 19.1 Å². The third kappa shape index (κ3) is 4.18. The second-order valence-electron chi connectivity index (χ2n) is 8.63. The van der Waals surface area contributed by atoms with Gasteiger partial charge >= 0.3 is 5.97 Å². The minimum atomic E-state index is -0.429. The van der Waals surface area contributed by atoms with Gasteiger partial charge in [-0.3, -0.25) is 9.69 Å². The number of rotatable bonds is 3. The molecule has 0 aliphatic carbocycles. The number of pyridine rings is 2. The highest BCUT2D eigenvalue weighted by atomic mass is 16.5. The number of methoxy groups -OCH3 is 1. The van der Waals surface area contributed by atoms with Gasteiger partial charge in [-0.25, -0.2) is 9.78 Å². The number of piperazine rings is 1. The summed E-state index contributed by atoms with van der Waals surface area (Å²) in [6.45, 7) is 6.05. The quantitative estimate of drug-likeness (QED) is 0.617. The maximum Gasteiger partial charge on any atom is 0.356 e. The zero-order chi connectivity index (χ0) is 22.9. The van der Waals surface area contributed by atoms with E-state index < -0.39 is 5.97 Å². The molecule has 0 bridgehead atoms. The number of H-pyrrole nitrogens is 1. The zero-order valence-electron chi connectivity index (χ0n) is 19.0. The second-order valence-corrected chi connectivity index (χ2v) is 8.63. The number of nitrogens with zero attached hydrogens (tertiary/aromatic N) is 3. The van der Waals surface area contributed by atoms with Crippen molar-refractivity contribution < 1.29 is 14.3 Å². The molecule has 1 fully saturated rings. The van der Waals surface area contributed by atoms with E-state index in [4.69, 9.17) is 9.47 Å². The first-order valence-corrected chi connectivity index (χ1v) is 11.4. The summed E-state index contributed by atoms with van der Waals surface area (Å²) >= 11 is 0. The summed E-state index contributed by atoms with van der Waals surface area (Å²) < 4.78 is 10.9. The molecule has 2 aromatic heterocycles. The molecule has 0 spiro atoms. The van der Waals surface area contributed by atoms with E-state index in [-0.39, 0.29) is 5.56 Å². The van der Waals surface area contributed by atoms with Crippen LogP contribution < -0.4 is 15.2 Å². The summed E-state index contributed by atoms with van der Waals surface area (Å²) in [5.41, 5.74) is 4.04. The molecule has 172 valence electrons. The molecular formula is C25H28N4O4. The minimum absolute atomic E-state index is 0.0185. The Labute approximate surface area is 192 Å². The van der Waals surface area contributed by atoms with E-state index in [1.165, 1.54) is 7.11 Å². The van der Waals surface area contributed by atoms with Crippen LogP contribution in [0.4, 0.5) is 5.69 Å². The fourth-order valence-electron chi connectivity index (χ4n) is 4.78. The maximum absolute atomic E-state index is 12.3. The number of anilines is 1. The number of aromatic nitrogens is 2. The first-order valence-electron chi connectivity index (χ1n) is 11.4. The molecule has 0 radical (unpaired) electrons. The molecule has 0 amide bonds. The predicted molar refractivity (Wildman–Crippen MR) is 126 cm³/mol. The Kier molecular flexibility index (Phi) is 5.76. The highest BCUT2D eigenvalue weighted by Crippen LogP contribution is 2.31. The number of carbonyl (C=O) groups is 1. The van der Waals surface area contributed by atoms with Gasteiger partial charge in [-0.1, -0.05) is 6.92 Å². The Bertz CT molecular complexity index is 1240. The predicted octanol–water partition coefficient (Wildman–Crippen LogP) is 2.75. The number of hydrogen-bond donors (Lipinski definition) is 1. The van der Waals surface area contributed by atoms with Crippen LogP contribution in [0.15, 0.2) is 41.3 Å². The molecule has 3 aromatic rings. The number of ether oxygens (including phenoxy) is 2. The van der Waals surface area contributed by atoms with E-state index in [2.05, 4.69) is 31.9 Å². The normalized spacial score (nSPS) is 18.6. The molecule has 8 heteroatoms. The van der Waals surface area contributed by atoms with Gasteiger partial charge in [0.25, 0.3) is 5.56 Å². The van der Waals surface area contributed by atoms with Crippen LogP contribution in [0.5, 0.6) is 5.75 Å². The smallest absolute Gasteiger partial charge is 0.356 e. The molecule has 0 unspecified atom stereocenters. The molecule has 1 aromatic carbocycles. The van der Waals surface area contributed by atoms with Gasteiger partial charge in [-0.15, -0.1) is 0 Å². The van der Waals surface area contributed by atoms with Crippen molar-refractivity contribution in [1.29, 1.82) is 0 Å². The summed E-state index contributed by atoms with van der Waals surface area (Å²) in [6.07, 6.45) is 3.37. The van der Waals surface area contributed by atoms with E-state index in [0.29, 0.717) is 24.8 Å². The van der Waals surface area contributed by atoms with Crippen LogP contribution in [-0.2, 0) is 17.7 Å². The average Bonchev–Trinajstić information content (AvgIpc) is 2.83. The number of esters is 1. The molecule has 2 aliphatic rings. The van der Waals surface area contributed by atoms with Crippen molar-refractivity contribution in [3.8, 4) is 5.75 Å². The number of aromatic amines is 1. The Hall–Kier alpha value is -3.39. The number of hydrogen-bond acceptors (Lipinski definition) is 7. The Morgan fingerprint density at radius 3 is 2.91 bits per heavy atom. The number of carbonyl (C=O) groups excluding carboxylic acids is 1. The molecular weight excluding hydrogens is 420 g/mol. The van der Waals surface area contributed by atoms with Crippen LogP contribution in [0.25, 0.3) is 10.9 Å². The summed E-state index contributed by atoms with van der Waals surface area (Å²) in [5.74, 6) is 0.474. The third-order valence-corrected chi connectivity index (χ3v) is 6.68. The van der Waals surface area contributed by atoms with Gasteiger partial charge in [-0.2, -0.15) is 0 Å². The van der Waals surface area contributed by atoms with Crippen molar-refractivity contribution in [3.63, 3.8) is 0 Å². The first-order chi connectivity index (χ1) is 16.1. The Morgan fingerprint density at radius 2 is 2.15 bits per heavy atom. The highest BCUT2D eigenvalue weighted by Gasteiger charge is 2.30. The van der Waals surface area contributed by atoms with Crippen molar-refractivity contribution in [2.45, 2.75) is 32.4 Å². The molecule has 8 nitrogen and oxygen atoms in total. The minimum Gasteiger partial charge on any atom is -0.493 e. The fraction of sp³-hybridized carbons (Fsp3) is 0.400. The molecule has 1 N–H and O–H groups in total. The summed E-state index contributed by atoms with van der Waals surface area (Å²) in [5, 5.41) is 1.01. The largest absolute Gasteiger partial charge is 0.493 e. The van der Waals surface area contributed by atoms with Crippen LogP contribution in [0.1, 0.15) is 35.0 Å². The van der Waals surface area contributed by atoms with Gasteiger partial charge < -0.3 is 19.4 Å². The SMILES string of the molecule is CCc1cc2cc3c(cc2[nH]c1=O)CN1CCN(c2ccc(C(=O)OC)nc2)C[C@H]1CCO3. The highest BCUT2D eigenvalue weighted by molar-refractivity contribution is 5.87. The monoisotopic (exact) mass is 448 g/mol. The zero-order valence-corrected chi connectivity index (χ0v) is 19.0. The van der Waals surface area contributed by atoms with Gasteiger partial charge in [0.05, 0.1) is 25.6 Å². The van der Waals surface area contributed by atoms with Crippen molar-refractivity contribution in [2.24, 2.45) is 0 Å². The lowest BCUT2D eigenvalue weighted by molar-refractivity contribution is 0.0594. The molecule has 4 heterocycles. The van der Waals surface area contributed by atoms with E-state index in [0.717, 1.165) is 66.1 Å². The number of aryl methyl sites for hydroxylation is 1. The van der Waals surface area contributed by atoms with Crippen molar-refractivity contribution in [1.82, 2.24) is 14.9 Å². The standard InChI is InChI=1S/C25H28N4O4/c1-3-16-10-17-12-23-18(11-22(17)27-24(16)30)14-28-7-8-29(15-20(28)6-9-33-23)19-4-5-21(26-13-19)25(31)32-2/h4-5,10-13,20H,3,6-9,14-15H2,1-2H3,(H,27,30)/t20-/m1/s1. The van der Waals surface area contributed by atoms with Crippen LogP contribution in [0.3, 0.4) is 0 Å². The summed E-state index contributed by atoms with van der Waals surface area (Å²) in [4.78, 5) is 36.0. The number of fused-ring (bicyclic) bond motifs is 3. The number of nitrogens with one attached hydrogen (secondary N) is 1. The molecule has 1 saturated heterocycles. The van der Waals surface area contributed by atoms with E-state index in [9.17, 15) is 9.59 Å². The van der Waals surface area contributed by atoms with Crippen LogP contribution in [0, 0.1) is 0 Å². The molecule has 2 aliphatic heterocycles. The third-order valence-electron chi connectivity index (χ3n) is 6.68. The lowest BCUT2D eigenvalue weighted by atomic mass is 10.0. The maximum atomic E-state index is 12.3. The average molecular weight is 449 g/mol. The van der Waals surface area contributed by atoms with Crippen molar-refractivity contribution >= 4 is 22.6 Å². The van der Waals surface area contributed by atoms with Gasteiger partial charge in [0.15, 0.2) is 0 Å². The van der Waals surface area contributed by atoms with Crippen LogP contribution in [0.2, 0.25) is 0 Å². The van der Waals surface area contributed by atoms with Crippen LogP contribution >= 0.6 is 0 Å². The van der Waals surface area contributed by atoms with Gasteiger partial charge in [0.1, 0.15) is 11.4 Å². The van der Waals surface area contributed by atoms with Gasteiger partial charge in [-0.05, 0) is 43.2 Å². The lowest BCUT2D eigenvalue weighted by Crippen LogP contribution is -2.53. The first kappa shape index (κ1) is 21.5. The molecule has 0 saturated carbocycles. The van der Waals surface area contributed by atoms with Crippen molar-refractivity contribution in [3.05, 3.63) is 63.7 Å². The number of benzene rings is 1. The topological polar surface area (TPSA) is 87.8 Å². The van der Waals surface area contributed by atoms with E-state index >= 15 is 0 Å². The summed E-state index contributed by atoms with van der Waals surface area (Å²) in [7, 11) is 1.36. The van der Waals surface area contributed by atoms with Crippen LogP contribution in [-0.4, -0.2) is 60.2 Å². The molecule has 1 atom stereocenters. The van der Waals surface area contributed by atoms with Crippen molar-refractivity contribution in [2.75, 3.05) is 38.3 Å².